The quantitative estimate of drug-likeness (QED) is 0.244. The Morgan fingerprint density at radius 2 is 1.77 bits per heavy atom. The molecule has 0 saturated carbocycles. The van der Waals surface area contributed by atoms with Crippen molar-refractivity contribution in [1.29, 1.82) is 0 Å². The number of hydrogen-bond acceptors (Lipinski definition) is 8. The lowest BCUT2D eigenvalue weighted by Crippen LogP contribution is -2.57. The van der Waals surface area contributed by atoms with Crippen LogP contribution in [0.3, 0.4) is 0 Å². The summed E-state index contributed by atoms with van der Waals surface area (Å²) in [5.74, 6) is -0.131. The summed E-state index contributed by atoms with van der Waals surface area (Å²) >= 11 is 0. The summed E-state index contributed by atoms with van der Waals surface area (Å²) in [4.78, 5) is 34.8. The zero-order valence-electron chi connectivity index (χ0n) is 27.0. The van der Waals surface area contributed by atoms with Crippen LogP contribution in [0.2, 0.25) is 0 Å². The van der Waals surface area contributed by atoms with Gasteiger partial charge in [-0.3, -0.25) is 14.6 Å². The van der Waals surface area contributed by atoms with Gasteiger partial charge >= 0.3 is 0 Å². The number of carbonyl (C=O) groups excluding carboxylic acids is 2. The first kappa shape index (κ1) is 32.0. The summed E-state index contributed by atoms with van der Waals surface area (Å²) in [6.45, 7) is 4.86. The fraction of sp³-hybridized carbons (Fsp3) is 0.342. The van der Waals surface area contributed by atoms with Crippen molar-refractivity contribution in [3.63, 3.8) is 0 Å². The molecule has 4 heterocycles. The van der Waals surface area contributed by atoms with Gasteiger partial charge in [-0.2, -0.15) is 0 Å². The van der Waals surface area contributed by atoms with Gasteiger partial charge in [0.05, 0.1) is 31.0 Å². The summed E-state index contributed by atoms with van der Waals surface area (Å²) in [6, 6.07) is 29.0. The van der Waals surface area contributed by atoms with Gasteiger partial charge in [-0.1, -0.05) is 61.5 Å². The van der Waals surface area contributed by atoms with E-state index >= 15 is 0 Å². The zero-order chi connectivity index (χ0) is 33.1. The summed E-state index contributed by atoms with van der Waals surface area (Å²) in [5, 5.41) is 15.7. The van der Waals surface area contributed by atoms with Gasteiger partial charge in [0.2, 0.25) is 5.91 Å². The monoisotopic (exact) mass is 647 g/mol. The predicted molar refractivity (Wildman–Crippen MR) is 182 cm³/mol. The van der Waals surface area contributed by atoms with Gasteiger partial charge in [0, 0.05) is 54.9 Å². The van der Waals surface area contributed by atoms with Gasteiger partial charge < -0.3 is 35.0 Å². The Morgan fingerprint density at radius 3 is 2.50 bits per heavy atom. The number of carbonyl (C=O) groups is 2. The standard InChI is InChI=1S/C38H41N5O5/c1-26-33(23-42-19-16-38(17-20-42)37(46)40-25-43(38)32-10-3-2-4-11-32)47-36(48-34(26)28-14-12-27(24-44)13-15-28)29-7-5-9-31(21-29)41-35(45)30-8-6-18-39-22-30/h2-15,18,21-22,26,33-34,36,44H,16-17,19-20,23-25H2,1H3,(H,40,46)(H,41,45). The molecule has 7 rings (SSSR count). The zero-order valence-corrected chi connectivity index (χ0v) is 27.0. The van der Waals surface area contributed by atoms with E-state index in [2.05, 4.69) is 44.5 Å². The van der Waals surface area contributed by atoms with Gasteiger partial charge in [-0.05, 0) is 60.4 Å². The number of rotatable bonds is 8. The molecule has 3 fully saturated rings. The first-order chi connectivity index (χ1) is 23.4. The SMILES string of the molecule is CC1C(CN2CCC3(CC2)C(=O)NCN3c2ccccc2)OC(c2cccc(NC(=O)c3cccnc3)c2)OC1c1ccc(CO)cc1. The average Bonchev–Trinajstić information content (AvgIpc) is 3.45. The highest BCUT2D eigenvalue weighted by molar-refractivity contribution is 6.04. The van der Waals surface area contributed by atoms with Crippen molar-refractivity contribution < 1.29 is 24.2 Å². The molecule has 4 atom stereocenters. The largest absolute Gasteiger partial charge is 0.392 e. The van der Waals surface area contributed by atoms with Gasteiger partial charge in [0.15, 0.2) is 6.29 Å². The van der Waals surface area contributed by atoms with Gasteiger partial charge in [0.25, 0.3) is 5.91 Å². The summed E-state index contributed by atoms with van der Waals surface area (Å²) in [7, 11) is 0. The van der Waals surface area contributed by atoms with E-state index in [0.29, 0.717) is 24.5 Å². The molecule has 0 aliphatic carbocycles. The number of ether oxygens (including phenoxy) is 2. The number of anilines is 2. The lowest BCUT2D eigenvalue weighted by atomic mass is 9.84. The van der Waals surface area contributed by atoms with E-state index in [1.807, 2.05) is 66.7 Å². The molecular weight excluding hydrogens is 606 g/mol. The Kier molecular flexibility index (Phi) is 9.23. The highest BCUT2D eigenvalue weighted by Gasteiger charge is 2.51. The van der Waals surface area contributed by atoms with E-state index in [4.69, 9.17) is 9.47 Å². The molecule has 1 aromatic heterocycles. The van der Waals surface area contributed by atoms with Crippen LogP contribution in [0.15, 0.2) is 103 Å². The number of para-hydroxylation sites is 1. The molecule has 3 aliphatic rings. The summed E-state index contributed by atoms with van der Waals surface area (Å²) in [5.41, 5.74) is 4.25. The van der Waals surface area contributed by atoms with Crippen molar-refractivity contribution in [3.8, 4) is 0 Å². The van der Waals surface area contributed by atoms with Crippen LogP contribution < -0.4 is 15.5 Å². The Balaban J connectivity index is 1.10. The number of aliphatic hydroxyl groups is 1. The second-order valence-corrected chi connectivity index (χ2v) is 12.9. The minimum atomic E-state index is -0.672. The van der Waals surface area contributed by atoms with Crippen molar-refractivity contribution >= 4 is 23.2 Å². The third-order valence-corrected chi connectivity index (χ3v) is 9.99. The number of likely N-dealkylation sites (tertiary alicyclic amines) is 1. The molecule has 2 amide bonds. The minimum absolute atomic E-state index is 0.0150. The number of pyridine rings is 1. The van der Waals surface area contributed by atoms with Crippen LogP contribution >= 0.6 is 0 Å². The number of aliphatic hydroxyl groups excluding tert-OH is 1. The molecule has 3 aliphatic heterocycles. The number of piperidine rings is 1. The molecular formula is C38H41N5O5. The molecule has 3 saturated heterocycles. The molecule has 3 N–H and O–H groups in total. The van der Waals surface area contributed by atoms with Crippen molar-refractivity contribution in [3.05, 3.63) is 126 Å². The van der Waals surface area contributed by atoms with Crippen LogP contribution in [0.1, 0.15) is 59.2 Å². The molecule has 10 nitrogen and oxygen atoms in total. The van der Waals surface area contributed by atoms with E-state index in [0.717, 1.165) is 48.3 Å². The molecule has 48 heavy (non-hydrogen) atoms. The fourth-order valence-corrected chi connectivity index (χ4v) is 7.18. The van der Waals surface area contributed by atoms with E-state index in [1.54, 1.807) is 18.3 Å². The molecule has 0 bridgehead atoms. The number of nitrogens with zero attached hydrogens (tertiary/aromatic N) is 3. The van der Waals surface area contributed by atoms with Gasteiger partial charge in [-0.15, -0.1) is 0 Å². The topological polar surface area (TPSA) is 116 Å². The first-order valence-corrected chi connectivity index (χ1v) is 16.6. The molecule has 10 heteroatoms. The van der Waals surface area contributed by atoms with Crippen LogP contribution in [0, 0.1) is 5.92 Å². The number of hydrogen-bond donors (Lipinski definition) is 3. The van der Waals surface area contributed by atoms with Crippen molar-refractivity contribution in [2.45, 2.75) is 50.4 Å². The average molecular weight is 648 g/mol. The van der Waals surface area contributed by atoms with Crippen LogP contribution in [-0.2, 0) is 20.9 Å². The molecule has 248 valence electrons. The van der Waals surface area contributed by atoms with Crippen molar-refractivity contribution in [2.75, 3.05) is 36.5 Å². The highest BCUT2D eigenvalue weighted by atomic mass is 16.7. The van der Waals surface area contributed by atoms with E-state index in [1.165, 1.54) is 6.20 Å². The van der Waals surface area contributed by atoms with Gasteiger partial charge in [-0.25, -0.2) is 0 Å². The number of nitrogens with one attached hydrogen (secondary N) is 2. The van der Waals surface area contributed by atoms with Gasteiger partial charge in [0.1, 0.15) is 5.54 Å². The molecule has 4 aromatic rings. The predicted octanol–water partition coefficient (Wildman–Crippen LogP) is 5.05. The molecule has 0 radical (unpaired) electrons. The normalized spacial score (nSPS) is 24.0. The Morgan fingerprint density at radius 1 is 0.979 bits per heavy atom. The molecule has 4 unspecified atom stereocenters. The van der Waals surface area contributed by atoms with Crippen molar-refractivity contribution in [2.24, 2.45) is 5.92 Å². The van der Waals surface area contributed by atoms with E-state index in [-0.39, 0.29) is 36.5 Å². The second-order valence-electron chi connectivity index (χ2n) is 12.9. The molecule has 1 spiro atoms. The lowest BCUT2D eigenvalue weighted by molar-refractivity contribution is -0.276. The van der Waals surface area contributed by atoms with Crippen LogP contribution in [0.25, 0.3) is 0 Å². The van der Waals surface area contributed by atoms with E-state index in [9.17, 15) is 14.7 Å². The maximum absolute atomic E-state index is 13.2. The number of aromatic nitrogens is 1. The third-order valence-electron chi connectivity index (χ3n) is 9.99. The highest BCUT2D eigenvalue weighted by Crippen LogP contribution is 2.43. The smallest absolute Gasteiger partial charge is 0.257 e. The Bertz CT molecular complexity index is 1710. The van der Waals surface area contributed by atoms with Crippen LogP contribution in [0.4, 0.5) is 11.4 Å². The van der Waals surface area contributed by atoms with Crippen LogP contribution in [-0.4, -0.2) is 64.8 Å². The maximum atomic E-state index is 13.2. The molecule has 3 aromatic carbocycles. The first-order valence-electron chi connectivity index (χ1n) is 16.6. The second kappa shape index (κ2) is 13.9. The minimum Gasteiger partial charge on any atom is -0.392 e. The van der Waals surface area contributed by atoms with E-state index < -0.39 is 11.8 Å². The summed E-state index contributed by atoms with van der Waals surface area (Å²) in [6.07, 6.45) is 3.50. The maximum Gasteiger partial charge on any atom is 0.257 e. The Hall–Kier alpha value is -4.61. The lowest BCUT2D eigenvalue weighted by Gasteiger charge is -2.46. The number of benzene rings is 3. The van der Waals surface area contributed by atoms with Crippen molar-refractivity contribution in [1.82, 2.24) is 15.2 Å². The Labute approximate surface area is 280 Å². The number of amides is 2. The summed E-state index contributed by atoms with van der Waals surface area (Å²) < 4.78 is 13.4. The van der Waals surface area contributed by atoms with Crippen LogP contribution in [0.5, 0.6) is 0 Å². The fourth-order valence-electron chi connectivity index (χ4n) is 7.18. The third kappa shape index (κ3) is 6.44.